The molecule has 0 aliphatic carbocycles. The van der Waals surface area contributed by atoms with E-state index in [4.69, 9.17) is 15.1 Å². The van der Waals surface area contributed by atoms with Gasteiger partial charge >= 0.3 is 0 Å². The van der Waals surface area contributed by atoms with Gasteiger partial charge in [-0.15, -0.1) is 13.2 Å². The number of aliphatic hydroxyl groups is 1. The van der Waals surface area contributed by atoms with Crippen LogP contribution < -0.4 is 10.8 Å². The van der Waals surface area contributed by atoms with E-state index in [-0.39, 0.29) is 12.2 Å². The van der Waals surface area contributed by atoms with E-state index in [1.807, 2.05) is 0 Å². The number of hydrogen-bond donors (Lipinski definition) is 4. The molecule has 1 aliphatic rings. The predicted octanol–water partition coefficient (Wildman–Crippen LogP) is -0.360. The molecule has 1 atom stereocenters. The van der Waals surface area contributed by atoms with Gasteiger partial charge in [0.1, 0.15) is 11.6 Å². The van der Waals surface area contributed by atoms with Gasteiger partial charge < -0.3 is 15.2 Å². The lowest BCUT2D eigenvalue weighted by atomic mass is 9.95. The van der Waals surface area contributed by atoms with E-state index in [1.165, 1.54) is 24.7 Å². The van der Waals surface area contributed by atoms with Crippen LogP contribution in [0.3, 0.4) is 0 Å². The number of carbonyl (C=O) groups excluding carboxylic acids is 2. The summed E-state index contributed by atoms with van der Waals surface area (Å²) in [5.41, 5.74) is 0.837. The Bertz CT molecular complexity index is 873. The standard InChI is InChI=1S/C17H20N2O7S.C2H4/c1-26-17(10-27(24,25)11-17)14(16(22)19-23)18-15(21)13-7-5-12(6-8-13)4-2-3-9-20;1-2/h5-8,14,20,23H,3,9-11H2,1H3,(H,18,21)(H,19,22);1-2H2/t14-;/m1./s1. The minimum atomic E-state index is -3.38. The first-order valence-electron chi connectivity index (χ1n) is 8.47. The number of methoxy groups -OCH3 is 1. The van der Waals surface area contributed by atoms with Crippen molar-refractivity contribution in [3.8, 4) is 11.8 Å². The van der Waals surface area contributed by atoms with Crippen molar-refractivity contribution in [2.45, 2.75) is 18.1 Å². The highest BCUT2D eigenvalue weighted by molar-refractivity contribution is 7.93. The number of rotatable bonds is 6. The molecule has 1 fully saturated rings. The van der Waals surface area contributed by atoms with Gasteiger partial charge in [-0.25, -0.2) is 13.9 Å². The molecule has 0 bridgehead atoms. The van der Waals surface area contributed by atoms with E-state index < -0.39 is 44.8 Å². The van der Waals surface area contributed by atoms with Crippen molar-refractivity contribution >= 4 is 21.7 Å². The van der Waals surface area contributed by atoms with Gasteiger partial charge in [-0.2, -0.15) is 0 Å². The maximum absolute atomic E-state index is 12.5. The summed E-state index contributed by atoms with van der Waals surface area (Å²) in [5, 5.41) is 20.1. The first-order valence-corrected chi connectivity index (χ1v) is 10.3. The number of sulfone groups is 1. The molecule has 158 valence electrons. The van der Waals surface area contributed by atoms with Gasteiger partial charge in [0.25, 0.3) is 11.8 Å². The Labute approximate surface area is 169 Å². The summed E-state index contributed by atoms with van der Waals surface area (Å²) in [7, 11) is -2.14. The molecule has 1 aromatic carbocycles. The summed E-state index contributed by atoms with van der Waals surface area (Å²) >= 11 is 0. The highest BCUT2D eigenvalue weighted by Gasteiger charge is 2.57. The number of aliphatic hydroxyl groups excluding tert-OH is 1. The third-order valence-corrected chi connectivity index (χ3v) is 5.98. The van der Waals surface area contributed by atoms with E-state index in [9.17, 15) is 18.0 Å². The van der Waals surface area contributed by atoms with Crippen molar-refractivity contribution in [2.75, 3.05) is 25.2 Å². The summed E-state index contributed by atoms with van der Waals surface area (Å²) in [6, 6.07) is 4.78. The van der Waals surface area contributed by atoms with Crippen molar-refractivity contribution < 1.29 is 33.1 Å². The molecule has 1 aromatic rings. The van der Waals surface area contributed by atoms with Gasteiger partial charge in [0, 0.05) is 24.7 Å². The number of hydroxylamine groups is 1. The molecule has 1 aliphatic heterocycles. The van der Waals surface area contributed by atoms with Crippen LogP contribution in [0.2, 0.25) is 0 Å². The van der Waals surface area contributed by atoms with Crippen LogP contribution in [-0.2, 0) is 19.4 Å². The SMILES string of the molecule is C=C.COC1([C@H](NC(=O)c2ccc(C#CCCO)cc2)C(=O)NO)CS(=O)(=O)C1. The monoisotopic (exact) mass is 424 g/mol. The van der Waals surface area contributed by atoms with E-state index in [2.05, 4.69) is 30.3 Å². The largest absolute Gasteiger partial charge is 0.395 e. The molecule has 1 heterocycles. The molecule has 10 heteroatoms. The molecular weight excluding hydrogens is 400 g/mol. The Kier molecular flexibility index (Phi) is 9.00. The molecule has 4 N–H and O–H groups in total. The fourth-order valence-corrected chi connectivity index (χ4v) is 4.72. The third-order valence-electron chi connectivity index (χ3n) is 4.13. The maximum atomic E-state index is 12.5. The van der Waals surface area contributed by atoms with Gasteiger partial charge in [-0.3, -0.25) is 14.8 Å². The maximum Gasteiger partial charge on any atom is 0.268 e. The number of ether oxygens (including phenoxy) is 1. The number of benzene rings is 1. The second kappa shape index (κ2) is 10.7. The van der Waals surface area contributed by atoms with Crippen LogP contribution in [-0.4, -0.2) is 67.4 Å². The summed E-state index contributed by atoms with van der Waals surface area (Å²) in [4.78, 5) is 24.5. The quantitative estimate of drug-likeness (QED) is 0.211. The smallest absolute Gasteiger partial charge is 0.268 e. The van der Waals surface area contributed by atoms with Gasteiger partial charge in [0.15, 0.2) is 9.84 Å². The van der Waals surface area contributed by atoms with Crippen LogP contribution in [0.1, 0.15) is 22.3 Å². The Morgan fingerprint density at radius 1 is 1.28 bits per heavy atom. The normalized spacial score (nSPS) is 16.5. The minimum absolute atomic E-state index is 0.0429. The topological polar surface area (TPSA) is 142 Å². The van der Waals surface area contributed by atoms with Crippen LogP contribution in [0.15, 0.2) is 37.4 Å². The second-order valence-corrected chi connectivity index (χ2v) is 8.10. The lowest BCUT2D eigenvalue weighted by molar-refractivity contribution is -0.138. The van der Waals surface area contributed by atoms with Crippen LogP contribution in [0, 0.1) is 11.8 Å². The van der Waals surface area contributed by atoms with Crippen molar-refractivity contribution in [3.63, 3.8) is 0 Å². The molecule has 0 spiro atoms. The van der Waals surface area contributed by atoms with E-state index in [0.29, 0.717) is 12.0 Å². The fraction of sp³-hybridized carbons (Fsp3) is 0.368. The van der Waals surface area contributed by atoms with Crippen molar-refractivity contribution in [1.82, 2.24) is 10.8 Å². The lowest BCUT2D eigenvalue weighted by Crippen LogP contribution is -2.71. The predicted molar refractivity (Wildman–Crippen MR) is 106 cm³/mol. The summed E-state index contributed by atoms with van der Waals surface area (Å²) in [5.74, 6) is 3.05. The lowest BCUT2D eigenvalue weighted by Gasteiger charge is -2.44. The first kappa shape index (κ1) is 24.3. The zero-order valence-electron chi connectivity index (χ0n) is 16.0. The van der Waals surface area contributed by atoms with E-state index in [1.54, 1.807) is 12.1 Å². The Hall–Kier alpha value is -2.71. The average molecular weight is 424 g/mol. The van der Waals surface area contributed by atoms with E-state index in [0.717, 1.165) is 0 Å². The molecule has 0 unspecified atom stereocenters. The molecule has 1 saturated heterocycles. The number of amides is 2. The highest BCUT2D eigenvalue weighted by Crippen LogP contribution is 2.31. The van der Waals surface area contributed by atoms with Crippen molar-refractivity contribution in [3.05, 3.63) is 48.6 Å². The van der Waals surface area contributed by atoms with Gasteiger partial charge in [0.2, 0.25) is 0 Å². The Morgan fingerprint density at radius 2 is 1.86 bits per heavy atom. The molecule has 0 saturated carbocycles. The van der Waals surface area contributed by atoms with Crippen LogP contribution in [0.25, 0.3) is 0 Å². The zero-order chi connectivity index (χ0) is 22.1. The van der Waals surface area contributed by atoms with Gasteiger partial charge in [0.05, 0.1) is 18.1 Å². The zero-order valence-corrected chi connectivity index (χ0v) is 16.8. The second-order valence-electron chi connectivity index (χ2n) is 6.04. The van der Waals surface area contributed by atoms with Gasteiger partial charge in [-0.05, 0) is 24.3 Å². The summed E-state index contributed by atoms with van der Waals surface area (Å²) in [6.07, 6.45) is 0.336. The molecular formula is C19H24N2O7S. The van der Waals surface area contributed by atoms with E-state index >= 15 is 0 Å². The molecule has 2 rings (SSSR count). The van der Waals surface area contributed by atoms with Gasteiger partial charge in [-0.1, -0.05) is 11.8 Å². The van der Waals surface area contributed by atoms with Crippen LogP contribution in [0.5, 0.6) is 0 Å². The summed E-state index contributed by atoms with van der Waals surface area (Å²) in [6.45, 7) is 5.96. The third kappa shape index (κ3) is 6.13. The number of hydrogen-bond acceptors (Lipinski definition) is 7. The summed E-state index contributed by atoms with van der Waals surface area (Å²) < 4.78 is 28.3. The molecule has 0 aromatic heterocycles. The van der Waals surface area contributed by atoms with Crippen molar-refractivity contribution in [2.24, 2.45) is 0 Å². The average Bonchev–Trinajstić information content (AvgIpc) is 2.71. The Balaban J connectivity index is 0.00000204. The number of nitrogens with one attached hydrogen (secondary N) is 2. The highest BCUT2D eigenvalue weighted by atomic mass is 32.2. The first-order chi connectivity index (χ1) is 13.8. The molecule has 0 radical (unpaired) electrons. The molecule has 29 heavy (non-hydrogen) atoms. The number of carbonyl (C=O) groups is 2. The van der Waals surface area contributed by atoms with Crippen molar-refractivity contribution in [1.29, 1.82) is 0 Å². The molecule has 2 amide bonds. The fourth-order valence-electron chi connectivity index (χ4n) is 2.74. The Morgan fingerprint density at radius 3 is 2.31 bits per heavy atom. The van der Waals surface area contributed by atoms with Crippen LogP contribution >= 0.6 is 0 Å². The molecule has 9 nitrogen and oxygen atoms in total. The van der Waals surface area contributed by atoms with Crippen LogP contribution in [0.4, 0.5) is 0 Å². The minimum Gasteiger partial charge on any atom is -0.395 e.